The van der Waals surface area contributed by atoms with E-state index in [0.717, 1.165) is 12.0 Å². The molecule has 0 bridgehead atoms. The maximum Gasteiger partial charge on any atom is 0.325 e. The van der Waals surface area contributed by atoms with E-state index >= 15 is 0 Å². The third-order valence-electron chi connectivity index (χ3n) is 4.70. The van der Waals surface area contributed by atoms with Crippen molar-refractivity contribution < 1.29 is 18.3 Å². The highest BCUT2D eigenvalue weighted by Gasteiger charge is 2.74. The molecule has 5 nitrogen and oxygen atoms in total. The molecule has 0 amide bonds. The number of carboxylic acid groups (broad SMARTS) is 1. The van der Waals surface area contributed by atoms with Crippen LogP contribution in [0, 0.1) is 0 Å². The lowest BCUT2D eigenvalue weighted by Gasteiger charge is -2.06. The van der Waals surface area contributed by atoms with Gasteiger partial charge in [-0.1, -0.05) is 49.4 Å². The van der Waals surface area contributed by atoms with Gasteiger partial charge in [-0.15, -0.1) is 0 Å². The molecule has 0 unspecified atom stereocenters. The molecule has 0 spiro atoms. The molecule has 1 fully saturated rings. The monoisotopic (exact) mass is 345 g/mol. The van der Waals surface area contributed by atoms with Gasteiger partial charge in [-0.2, -0.15) is 0 Å². The number of aryl methyl sites for hydroxylation is 1. The van der Waals surface area contributed by atoms with Crippen LogP contribution in [0.3, 0.4) is 0 Å². The maximum atomic E-state index is 12.9. The number of hydrogen-bond acceptors (Lipinski definition) is 4. The molecular weight excluding hydrogens is 326 g/mol. The van der Waals surface area contributed by atoms with Crippen molar-refractivity contribution in [2.24, 2.45) is 5.73 Å². The summed E-state index contributed by atoms with van der Waals surface area (Å²) in [6, 6.07) is 15.2. The number of sulfone groups is 1. The average molecular weight is 345 g/mol. The summed E-state index contributed by atoms with van der Waals surface area (Å²) < 4.78 is 25.8. The predicted octanol–water partition coefficient (Wildman–Crippen LogP) is 1.97. The fraction of sp³-hybridized carbons (Fsp3) is 0.278. The lowest BCUT2D eigenvalue weighted by molar-refractivity contribution is -0.139. The summed E-state index contributed by atoms with van der Waals surface area (Å²) in [6.07, 6.45) is 0.851. The fourth-order valence-electron chi connectivity index (χ4n) is 3.23. The highest BCUT2D eigenvalue weighted by molar-refractivity contribution is 7.92. The van der Waals surface area contributed by atoms with Crippen LogP contribution in [0.15, 0.2) is 59.5 Å². The summed E-state index contributed by atoms with van der Waals surface area (Å²) in [5, 5.41) is 8.37. The first kappa shape index (κ1) is 16.7. The third kappa shape index (κ3) is 2.42. The highest BCUT2D eigenvalue weighted by atomic mass is 32.2. The topological polar surface area (TPSA) is 97.5 Å². The molecule has 3 rings (SSSR count). The van der Waals surface area contributed by atoms with Crippen LogP contribution in [-0.4, -0.2) is 30.3 Å². The van der Waals surface area contributed by atoms with E-state index in [-0.39, 0.29) is 4.90 Å². The molecule has 126 valence electrons. The quantitative estimate of drug-likeness (QED) is 0.863. The van der Waals surface area contributed by atoms with Gasteiger partial charge < -0.3 is 10.8 Å². The minimum absolute atomic E-state index is 0.0961. The summed E-state index contributed by atoms with van der Waals surface area (Å²) in [7, 11) is -3.84. The first-order valence-corrected chi connectivity index (χ1v) is 9.28. The number of carbonyl (C=O) groups is 1. The van der Waals surface area contributed by atoms with Gasteiger partial charge >= 0.3 is 5.97 Å². The minimum Gasteiger partial charge on any atom is -0.480 e. The number of aliphatic carboxylic acids is 1. The van der Waals surface area contributed by atoms with Crippen LogP contribution in [0.5, 0.6) is 0 Å². The lowest BCUT2D eigenvalue weighted by Crippen LogP contribution is -2.39. The number of benzene rings is 2. The summed E-state index contributed by atoms with van der Waals surface area (Å²) in [5.41, 5.74) is 5.96. The molecule has 0 saturated heterocycles. The van der Waals surface area contributed by atoms with Gasteiger partial charge in [0.2, 0.25) is 0 Å². The Bertz CT molecular complexity index is 862. The van der Waals surface area contributed by atoms with E-state index in [2.05, 4.69) is 0 Å². The number of rotatable bonds is 5. The Kier molecular flexibility index (Phi) is 3.97. The molecule has 3 N–H and O–H groups in total. The van der Waals surface area contributed by atoms with Crippen LogP contribution in [-0.2, 0) is 21.1 Å². The Morgan fingerprint density at radius 3 is 2.21 bits per heavy atom. The van der Waals surface area contributed by atoms with Crippen molar-refractivity contribution in [3.05, 3.63) is 65.7 Å². The molecule has 0 heterocycles. The van der Waals surface area contributed by atoms with Gasteiger partial charge in [-0.25, -0.2) is 8.42 Å². The van der Waals surface area contributed by atoms with E-state index in [1.165, 1.54) is 12.1 Å². The lowest BCUT2D eigenvalue weighted by atomic mass is 10.0. The van der Waals surface area contributed by atoms with Gasteiger partial charge in [0.05, 0.1) is 4.90 Å². The van der Waals surface area contributed by atoms with Crippen LogP contribution in [0.25, 0.3) is 0 Å². The van der Waals surface area contributed by atoms with E-state index in [4.69, 9.17) is 5.73 Å². The van der Waals surface area contributed by atoms with Crippen molar-refractivity contribution in [1.29, 1.82) is 0 Å². The maximum absolute atomic E-state index is 12.9. The molecule has 24 heavy (non-hydrogen) atoms. The molecule has 6 heteroatoms. The SMILES string of the molecule is CCc1ccc([C@@H]2[C@H](S(=O)(=O)c3ccccc3)[C@@]2(N)C(=O)O)cc1. The second kappa shape index (κ2) is 5.72. The Balaban J connectivity index is 2.04. The minimum atomic E-state index is -3.84. The number of nitrogens with two attached hydrogens (primary N) is 1. The summed E-state index contributed by atoms with van der Waals surface area (Å²) in [6.45, 7) is 2.01. The highest BCUT2D eigenvalue weighted by Crippen LogP contribution is 2.55. The van der Waals surface area contributed by atoms with Crippen molar-refractivity contribution in [2.75, 3.05) is 0 Å². The van der Waals surface area contributed by atoms with Gasteiger partial charge in [0.1, 0.15) is 10.8 Å². The van der Waals surface area contributed by atoms with Crippen molar-refractivity contribution >= 4 is 15.8 Å². The van der Waals surface area contributed by atoms with Crippen molar-refractivity contribution in [3.8, 4) is 0 Å². The summed E-state index contributed by atoms with van der Waals surface area (Å²) >= 11 is 0. The molecule has 1 saturated carbocycles. The second-order valence-electron chi connectivity index (χ2n) is 6.09. The molecule has 0 aromatic heterocycles. The van der Waals surface area contributed by atoms with Gasteiger partial charge in [0.25, 0.3) is 0 Å². The average Bonchev–Trinajstić information content (AvgIpc) is 3.24. The molecule has 1 aliphatic carbocycles. The predicted molar refractivity (Wildman–Crippen MR) is 90.5 cm³/mol. The van der Waals surface area contributed by atoms with Crippen LogP contribution in [0.1, 0.15) is 24.0 Å². The van der Waals surface area contributed by atoms with Crippen LogP contribution < -0.4 is 5.73 Å². The van der Waals surface area contributed by atoms with E-state index in [9.17, 15) is 18.3 Å². The van der Waals surface area contributed by atoms with Gasteiger partial charge in [0, 0.05) is 5.92 Å². The van der Waals surface area contributed by atoms with Gasteiger partial charge in [-0.05, 0) is 29.7 Å². The van der Waals surface area contributed by atoms with Crippen LogP contribution in [0.4, 0.5) is 0 Å². The Morgan fingerprint density at radius 2 is 1.71 bits per heavy atom. The van der Waals surface area contributed by atoms with Crippen LogP contribution >= 0.6 is 0 Å². The molecule has 0 aliphatic heterocycles. The zero-order valence-electron chi connectivity index (χ0n) is 13.2. The first-order valence-electron chi connectivity index (χ1n) is 7.73. The first-order chi connectivity index (χ1) is 11.3. The van der Waals surface area contributed by atoms with E-state index in [1.807, 2.05) is 19.1 Å². The largest absolute Gasteiger partial charge is 0.480 e. The van der Waals surface area contributed by atoms with E-state index in [0.29, 0.717) is 5.56 Å². The molecule has 3 atom stereocenters. The molecule has 2 aromatic rings. The zero-order valence-corrected chi connectivity index (χ0v) is 14.0. The number of hydrogen-bond donors (Lipinski definition) is 2. The van der Waals surface area contributed by atoms with E-state index < -0.39 is 32.5 Å². The molecule has 2 aromatic carbocycles. The van der Waals surface area contributed by atoms with Gasteiger partial charge in [-0.3, -0.25) is 4.79 Å². The smallest absolute Gasteiger partial charge is 0.325 e. The van der Waals surface area contributed by atoms with Crippen molar-refractivity contribution in [1.82, 2.24) is 0 Å². The second-order valence-corrected chi connectivity index (χ2v) is 8.16. The summed E-state index contributed by atoms with van der Waals surface area (Å²) in [5.74, 6) is -2.05. The molecule has 1 aliphatic rings. The van der Waals surface area contributed by atoms with Crippen molar-refractivity contribution in [3.63, 3.8) is 0 Å². The molecule has 0 radical (unpaired) electrons. The van der Waals surface area contributed by atoms with Gasteiger partial charge in [0.15, 0.2) is 9.84 Å². The van der Waals surface area contributed by atoms with E-state index in [1.54, 1.807) is 30.3 Å². The third-order valence-corrected chi connectivity index (χ3v) is 6.96. The normalized spacial score (nSPS) is 26.1. The number of carboxylic acids is 1. The Hall–Kier alpha value is -2.18. The standard InChI is InChI=1S/C18H19NO4S/c1-2-12-8-10-13(11-9-12)15-16(18(15,19)17(20)21)24(22,23)14-6-4-3-5-7-14/h3-11,15-16H,2,19H2,1H3,(H,20,21)/t15-,16+,18-/m1/s1. The van der Waals surface area contributed by atoms with Crippen molar-refractivity contribution in [2.45, 2.75) is 34.9 Å². The Labute approximate surface area is 141 Å². The fourth-order valence-corrected chi connectivity index (χ4v) is 5.49. The zero-order chi connectivity index (χ0) is 17.5. The molecular formula is C18H19NO4S. The summed E-state index contributed by atoms with van der Waals surface area (Å²) in [4.78, 5) is 11.8. The Morgan fingerprint density at radius 1 is 1.12 bits per heavy atom. The van der Waals surface area contributed by atoms with Crippen LogP contribution in [0.2, 0.25) is 0 Å².